The normalized spacial score (nSPS) is 18.7. The van der Waals surface area contributed by atoms with Crippen molar-refractivity contribution in [2.45, 2.75) is 51.2 Å². The molecule has 1 aliphatic carbocycles. The fourth-order valence-electron chi connectivity index (χ4n) is 3.95. The van der Waals surface area contributed by atoms with Gasteiger partial charge in [0.25, 0.3) is 0 Å². The number of hydrogen-bond donors (Lipinski definition) is 2. The summed E-state index contributed by atoms with van der Waals surface area (Å²) in [5.74, 6) is 1.90. The molecule has 0 bridgehead atoms. The third kappa shape index (κ3) is 8.55. The summed E-state index contributed by atoms with van der Waals surface area (Å²) in [6.07, 6.45) is 9.89. The highest BCUT2D eigenvalue weighted by Gasteiger charge is 2.15. The van der Waals surface area contributed by atoms with E-state index in [1.807, 2.05) is 13.2 Å². The van der Waals surface area contributed by atoms with E-state index in [0.717, 1.165) is 64.1 Å². The topological polar surface area (TPSA) is 65.0 Å². The van der Waals surface area contributed by atoms with Crippen LogP contribution in [-0.2, 0) is 11.3 Å². The predicted molar refractivity (Wildman–Crippen MR) is 135 cm³/mol. The van der Waals surface area contributed by atoms with E-state index in [4.69, 9.17) is 4.74 Å². The van der Waals surface area contributed by atoms with Gasteiger partial charge in [0.15, 0.2) is 5.96 Å². The van der Waals surface area contributed by atoms with E-state index in [1.54, 1.807) is 0 Å². The van der Waals surface area contributed by atoms with Gasteiger partial charge in [-0.1, -0.05) is 19.3 Å². The minimum Gasteiger partial charge on any atom is -0.378 e. The van der Waals surface area contributed by atoms with Crippen LogP contribution in [0.1, 0.15) is 44.1 Å². The van der Waals surface area contributed by atoms with E-state index in [-0.39, 0.29) is 24.0 Å². The summed E-state index contributed by atoms with van der Waals surface area (Å²) in [4.78, 5) is 13.6. The van der Waals surface area contributed by atoms with Crippen molar-refractivity contribution in [1.82, 2.24) is 20.5 Å². The first-order valence-corrected chi connectivity index (χ1v) is 11.2. The van der Waals surface area contributed by atoms with Gasteiger partial charge in [-0.3, -0.25) is 4.99 Å². The molecule has 0 unspecified atom stereocenters. The smallest absolute Gasteiger partial charge is 0.191 e. The molecular formula is C22H39IN6O. The molecular weight excluding hydrogens is 491 g/mol. The van der Waals surface area contributed by atoms with Gasteiger partial charge >= 0.3 is 0 Å². The highest BCUT2D eigenvalue weighted by molar-refractivity contribution is 14.0. The Morgan fingerprint density at radius 3 is 2.67 bits per heavy atom. The number of guanidine groups is 1. The Bertz CT molecular complexity index is 630. The second kappa shape index (κ2) is 14.0. The molecule has 1 aliphatic heterocycles. The van der Waals surface area contributed by atoms with Crippen LogP contribution < -0.4 is 15.5 Å². The van der Waals surface area contributed by atoms with Crippen LogP contribution in [0.4, 0.5) is 5.82 Å². The first-order chi connectivity index (χ1) is 14.2. The summed E-state index contributed by atoms with van der Waals surface area (Å²) in [5.41, 5.74) is 1.22. The Labute approximate surface area is 199 Å². The summed E-state index contributed by atoms with van der Waals surface area (Å²) in [7, 11) is 3.99. The van der Waals surface area contributed by atoms with Crippen molar-refractivity contribution in [1.29, 1.82) is 0 Å². The van der Waals surface area contributed by atoms with Crippen LogP contribution in [0, 0.1) is 0 Å². The van der Waals surface area contributed by atoms with E-state index in [9.17, 15) is 0 Å². The minimum absolute atomic E-state index is 0. The average Bonchev–Trinajstić information content (AvgIpc) is 2.77. The van der Waals surface area contributed by atoms with Gasteiger partial charge in [0.1, 0.15) is 5.82 Å². The number of hydrogen-bond acceptors (Lipinski definition) is 5. The standard InChI is InChI=1S/C22H38N6O.HI/c1-23-22(25-10-6-16-29-20-7-4-3-5-8-20)26-18-19-9-11-24-21(17-19)28-14-12-27(2)13-15-28;/h9,11,17,20H,3-8,10,12-16,18H2,1-2H3,(H2,23,25,26);1H. The molecule has 0 amide bonds. The minimum atomic E-state index is 0. The maximum atomic E-state index is 5.99. The fourth-order valence-corrected chi connectivity index (χ4v) is 3.95. The molecule has 7 nitrogen and oxygen atoms in total. The van der Waals surface area contributed by atoms with Crippen LogP contribution in [0.3, 0.4) is 0 Å². The van der Waals surface area contributed by atoms with Crippen molar-refractivity contribution < 1.29 is 4.74 Å². The molecule has 2 heterocycles. The predicted octanol–water partition coefficient (Wildman–Crippen LogP) is 2.86. The summed E-state index contributed by atoms with van der Waals surface area (Å²) >= 11 is 0. The number of likely N-dealkylation sites (N-methyl/N-ethyl adjacent to an activating group) is 1. The molecule has 0 radical (unpaired) electrons. The number of rotatable bonds is 8. The maximum Gasteiger partial charge on any atom is 0.191 e. The van der Waals surface area contributed by atoms with Crippen molar-refractivity contribution in [2.75, 3.05) is 58.3 Å². The largest absolute Gasteiger partial charge is 0.378 e. The Balaban J connectivity index is 0.00000320. The van der Waals surface area contributed by atoms with Gasteiger partial charge in [0.2, 0.25) is 0 Å². The summed E-state index contributed by atoms with van der Waals surface area (Å²) in [6, 6.07) is 4.25. The van der Waals surface area contributed by atoms with Crippen LogP contribution in [0.25, 0.3) is 0 Å². The van der Waals surface area contributed by atoms with Crippen LogP contribution in [0.2, 0.25) is 0 Å². The van der Waals surface area contributed by atoms with Crippen molar-refractivity contribution in [2.24, 2.45) is 4.99 Å². The molecule has 3 rings (SSSR count). The molecule has 0 aromatic carbocycles. The van der Waals surface area contributed by atoms with E-state index in [1.165, 1.54) is 37.7 Å². The quantitative estimate of drug-likeness (QED) is 0.233. The lowest BCUT2D eigenvalue weighted by molar-refractivity contribution is 0.0277. The highest BCUT2D eigenvalue weighted by atomic mass is 127. The highest BCUT2D eigenvalue weighted by Crippen LogP contribution is 2.20. The van der Waals surface area contributed by atoms with Crippen molar-refractivity contribution in [3.8, 4) is 0 Å². The van der Waals surface area contributed by atoms with Gasteiger partial charge in [-0.2, -0.15) is 0 Å². The Morgan fingerprint density at radius 1 is 1.17 bits per heavy atom. The third-order valence-corrected chi connectivity index (χ3v) is 5.84. The summed E-state index contributed by atoms with van der Waals surface area (Å²) in [6.45, 7) is 6.68. The zero-order chi connectivity index (χ0) is 20.3. The molecule has 1 saturated carbocycles. The van der Waals surface area contributed by atoms with E-state index < -0.39 is 0 Å². The molecule has 2 aliphatic rings. The molecule has 8 heteroatoms. The molecule has 1 aromatic heterocycles. The SMILES string of the molecule is CN=C(NCCCOC1CCCCC1)NCc1ccnc(N2CCN(C)CC2)c1.I. The number of anilines is 1. The molecule has 2 fully saturated rings. The Morgan fingerprint density at radius 2 is 1.93 bits per heavy atom. The number of aromatic nitrogens is 1. The van der Waals surface area contributed by atoms with Gasteiger partial charge in [0, 0.05) is 59.1 Å². The number of pyridine rings is 1. The van der Waals surface area contributed by atoms with Crippen molar-refractivity contribution >= 4 is 35.8 Å². The number of halogens is 1. The van der Waals surface area contributed by atoms with Gasteiger partial charge < -0.3 is 25.2 Å². The van der Waals surface area contributed by atoms with Crippen LogP contribution in [-0.4, -0.2) is 75.4 Å². The lowest BCUT2D eigenvalue weighted by Gasteiger charge is -2.33. The zero-order valence-electron chi connectivity index (χ0n) is 18.6. The van der Waals surface area contributed by atoms with Gasteiger partial charge in [-0.25, -0.2) is 4.98 Å². The Hall–Kier alpha value is -1.13. The second-order valence-electron chi connectivity index (χ2n) is 8.15. The molecule has 1 saturated heterocycles. The molecule has 30 heavy (non-hydrogen) atoms. The van der Waals surface area contributed by atoms with E-state index >= 15 is 0 Å². The van der Waals surface area contributed by atoms with Crippen LogP contribution in [0.15, 0.2) is 23.3 Å². The lowest BCUT2D eigenvalue weighted by Crippen LogP contribution is -2.44. The molecule has 2 N–H and O–H groups in total. The van der Waals surface area contributed by atoms with Gasteiger partial charge in [-0.05, 0) is 44.0 Å². The number of nitrogens with one attached hydrogen (secondary N) is 2. The first-order valence-electron chi connectivity index (χ1n) is 11.2. The first kappa shape index (κ1) is 25.1. The average molecular weight is 530 g/mol. The zero-order valence-corrected chi connectivity index (χ0v) is 20.9. The fraction of sp³-hybridized carbons (Fsp3) is 0.727. The molecule has 0 spiro atoms. The van der Waals surface area contributed by atoms with E-state index in [0.29, 0.717) is 6.10 Å². The van der Waals surface area contributed by atoms with Crippen LogP contribution >= 0.6 is 24.0 Å². The monoisotopic (exact) mass is 530 g/mol. The molecule has 0 atom stereocenters. The van der Waals surface area contributed by atoms with Gasteiger partial charge in [-0.15, -0.1) is 24.0 Å². The number of nitrogens with zero attached hydrogens (tertiary/aromatic N) is 4. The van der Waals surface area contributed by atoms with Crippen LogP contribution in [0.5, 0.6) is 0 Å². The second-order valence-corrected chi connectivity index (χ2v) is 8.15. The molecule has 1 aromatic rings. The Kier molecular flexibility index (Phi) is 11.8. The number of ether oxygens (including phenoxy) is 1. The number of piperazine rings is 1. The lowest BCUT2D eigenvalue weighted by atomic mass is 9.98. The molecule has 170 valence electrons. The van der Waals surface area contributed by atoms with Crippen molar-refractivity contribution in [3.05, 3.63) is 23.9 Å². The van der Waals surface area contributed by atoms with Crippen molar-refractivity contribution in [3.63, 3.8) is 0 Å². The summed E-state index contributed by atoms with van der Waals surface area (Å²) < 4.78 is 5.99. The maximum absolute atomic E-state index is 5.99. The van der Waals surface area contributed by atoms with Gasteiger partial charge in [0.05, 0.1) is 6.10 Å². The summed E-state index contributed by atoms with van der Waals surface area (Å²) in [5, 5.41) is 6.79. The third-order valence-electron chi connectivity index (χ3n) is 5.84. The van der Waals surface area contributed by atoms with E-state index in [2.05, 4.69) is 49.6 Å². The number of aliphatic imine (C=N–C) groups is 1.